The predicted octanol–water partition coefficient (Wildman–Crippen LogP) is 4.18. The first-order valence-electron chi connectivity index (χ1n) is 8.37. The van der Waals surface area contributed by atoms with Crippen LogP contribution in [0.25, 0.3) is 6.08 Å². The second-order valence-electron chi connectivity index (χ2n) is 6.16. The number of hydrogen-bond acceptors (Lipinski definition) is 4. The maximum Gasteiger partial charge on any atom is 0.333 e. The number of carbonyl (C=O) groups excluding carboxylic acids is 2. The third-order valence-corrected chi connectivity index (χ3v) is 4.61. The minimum absolute atomic E-state index is 0.00625. The van der Waals surface area contributed by atoms with Gasteiger partial charge in [0.1, 0.15) is 5.70 Å². The van der Waals surface area contributed by atoms with Gasteiger partial charge in [0.15, 0.2) is 11.5 Å². The van der Waals surface area contributed by atoms with E-state index in [1.807, 2.05) is 26.0 Å². The first kappa shape index (κ1) is 19.2. The number of ether oxygens (including phenoxy) is 2. The van der Waals surface area contributed by atoms with E-state index in [2.05, 4.69) is 27.9 Å². The molecule has 1 saturated heterocycles. The van der Waals surface area contributed by atoms with Crippen LogP contribution in [0.2, 0.25) is 0 Å². The third-order valence-electron chi connectivity index (χ3n) is 3.81. The number of rotatable bonds is 5. The van der Waals surface area contributed by atoms with Gasteiger partial charge in [0.05, 0.1) is 22.5 Å². The molecule has 7 heteroatoms. The number of methoxy groups -OCH3 is 1. The van der Waals surface area contributed by atoms with Gasteiger partial charge < -0.3 is 14.8 Å². The Hall–Kier alpha value is -2.55. The van der Waals surface area contributed by atoms with Crippen molar-refractivity contribution in [1.29, 1.82) is 0 Å². The average Bonchev–Trinajstić information content (AvgIpc) is 2.91. The molecule has 0 spiro atoms. The summed E-state index contributed by atoms with van der Waals surface area (Å²) in [5, 5.41) is 2.63. The number of nitrogens with one attached hydrogen (secondary N) is 1. The smallest absolute Gasteiger partial charge is 0.333 e. The van der Waals surface area contributed by atoms with Gasteiger partial charge in [-0.05, 0) is 72.3 Å². The fourth-order valence-corrected chi connectivity index (χ4v) is 3.44. The van der Waals surface area contributed by atoms with E-state index in [1.165, 1.54) is 0 Å². The van der Waals surface area contributed by atoms with Gasteiger partial charge in [0, 0.05) is 0 Å². The van der Waals surface area contributed by atoms with Gasteiger partial charge in [0.2, 0.25) is 0 Å². The summed E-state index contributed by atoms with van der Waals surface area (Å²) >= 11 is 2.16. The fourth-order valence-electron chi connectivity index (χ4n) is 2.69. The minimum atomic E-state index is -0.473. The lowest BCUT2D eigenvalue weighted by Gasteiger charge is -2.16. The number of para-hydroxylation sites is 1. The number of carbonyl (C=O) groups is 2. The summed E-state index contributed by atoms with van der Waals surface area (Å²) in [5.41, 5.74) is 1.46. The Balaban J connectivity index is 1.94. The highest BCUT2D eigenvalue weighted by Gasteiger charge is 2.34. The SMILES string of the molecule is COc1cc(/C=C2/NC(=O)N(c3ccccc3)C2=O)cc(I)c1OC(C)C. The van der Waals surface area contributed by atoms with Crippen molar-refractivity contribution in [2.75, 3.05) is 12.0 Å². The Morgan fingerprint density at radius 3 is 2.48 bits per heavy atom. The number of nitrogens with zero attached hydrogens (tertiary/aromatic N) is 1. The topological polar surface area (TPSA) is 67.9 Å². The number of imide groups is 1. The maximum atomic E-state index is 12.7. The monoisotopic (exact) mass is 478 g/mol. The number of amides is 3. The summed E-state index contributed by atoms with van der Waals surface area (Å²) in [7, 11) is 1.56. The van der Waals surface area contributed by atoms with Crippen molar-refractivity contribution in [3.63, 3.8) is 0 Å². The van der Waals surface area contributed by atoms with Gasteiger partial charge in [-0.1, -0.05) is 18.2 Å². The zero-order valence-corrected chi connectivity index (χ0v) is 17.3. The zero-order valence-electron chi connectivity index (χ0n) is 15.2. The van der Waals surface area contributed by atoms with Crippen molar-refractivity contribution < 1.29 is 19.1 Å². The fraction of sp³-hybridized carbons (Fsp3) is 0.200. The van der Waals surface area contributed by atoms with Crippen molar-refractivity contribution in [3.8, 4) is 11.5 Å². The molecule has 1 N–H and O–H groups in total. The number of anilines is 1. The molecular weight excluding hydrogens is 459 g/mol. The third kappa shape index (κ3) is 4.08. The van der Waals surface area contributed by atoms with Crippen LogP contribution in [0.15, 0.2) is 48.2 Å². The van der Waals surface area contributed by atoms with Crippen molar-refractivity contribution in [2.45, 2.75) is 20.0 Å². The van der Waals surface area contributed by atoms with E-state index >= 15 is 0 Å². The molecule has 3 amide bonds. The van der Waals surface area contributed by atoms with Gasteiger partial charge >= 0.3 is 6.03 Å². The van der Waals surface area contributed by atoms with Gasteiger partial charge in [-0.2, -0.15) is 0 Å². The lowest BCUT2D eigenvalue weighted by molar-refractivity contribution is -0.113. The van der Waals surface area contributed by atoms with Gasteiger partial charge in [-0.25, -0.2) is 9.69 Å². The van der Waals surface area contributed by atoms with E-state index in [-0.39, 0.29) is 11.8 Å². The zero-order chi connectivity index (χ0) is 19.6. The molecule has 1 heterocycles. The molecule has 0 aromatic heterocycles. The van der Waals surface area contributed by atoms with Crippen LogP contribution in [0.4, 0.5) is 10.5 Å². The van der Waals surface area contributed by atoms with E-state index in [1.54, 1.807) is 43.5 Å². The molecule has 1 fully saturated rings. The summed E-state index contributed by atoms with van der Waals surface area (Å²) in [6.07, 6.45) is 1.64. The van der Waals surface area contributed by atoms with Gasteiger partial charge in [0.25, 0.3) is 5.91 Å². The molecule has 0 bridgehead atoms. The Kier molecular flexibility index (Phi) is 5.69. The molecule has 0 saturated carbocycles. The number of hydrogen-bond donors (Lipinski definition) is 1. The van der Waals surface area contributed by atoms with Crippen molar-refractivity contribution >= 4 is 46.3 Å². The first-order chi connectivity index (χ1) is 12.9. The lowest BCUT2D eigenvalue weighted by atomic mass is 10.1. The van der Waals surface area contributed by atoms with Crippen molar-refractivity contribution in [1.82, 2.24) is 5.32 Å². The average molecular weight is 478 g/mol. The van der Waals surface area contributed by atoms with Crippen LogP contribution in [-0.2, 0) is 4.79 Å². The summed E-state index contributed by atoms with van der Waals surface area (Å²) in [4.78, 5) is 26.1. The highest BCUT2D eigenvalue weighted by Crippen LogP contribution is 2.35. The van der Waals surface area contributed by atoms with Crippen LogP contribution < -0.4 is 19.7 Å². The number of urea groups is 1. The molecule has 27 heavy (non-hydrogen) atoms. The summed E-state index contributed by atoms with van der Waals surface area (Å²) in [5.74, 6) is 0.824. The van der Waals surface area contributed by atoms with Crippen molar-refractivity contribution in [3.05, 3.63) is 57.3 Å². The Morgan fingerprint density at radius 1 is 1.15 bits per heavy atom. The van der Waals surface area contributed by atoms with Crippen LogP contribution in [0.5, 0.6) is 11.5 Å². The molecule has 0 unspecified atom stereocenters. The number of benzene rings is 2. The van der Waals surface area contributed by atoms with Crippen LogP contribution in [-0.4, -0.2) is 25.2 Å². The van der Waals surface area contributed by atoms with E-state index < -0.39 is 11.9 Å². The van der Waals surface area contributed by atoms with E-state index in [0.717, 1.165) is 14.0 Å². The largest absolute Gasteiger partial charge is 0.493 e. The molecule has 2 aromatic carbocycles. The Labute approximate surface area is 171 Å². The summed E-state index contributed by atoms with van der Waals surface area (Å²) in [6, 6.07) is 12.0. The van der Waals surface area contributed by atoms with Crippen LogP contribution in [0, 0.1) is 3.57 Å². The molecule has 3 rings (SSSR count). The Morgan fingerprint density at radius 2 is 1.85 bits per heavy atom. The lowest BCUT2D eigenvalue weighted by Crippen LogP contribution is -2.30. The second-order valence-corrected chi connectivity index (χ2v) is 7.33. The van der Waals surface area contributed by atoms with Crippen LogP contribution >= 0.6 is 22.6 Å². The molecule has 0 radical (unpaired) electrons. The highest BCUT2D eigenvalue weighted by atomic mass is 127. The van der Waals surface area contributed by atoms with Crippen LogP contribution in [0.3, 0.4) is 0 Å². The van der Waals surface area contributed by atoms with E-state index in [9.17, 15) is 9.59 Å². The Bertz CT molecular complexity index is 910. The molecule has 6 nitrogen and oxygen atoms in total. The maximum absolute atomic E-state index is 12.7. The summed E-state index contributed by atoms with van der Waals surface area (Å²) in [6.45, 7) is 3.88. The van der Waals surface area contributed by atoms with Gasteiger partial charge in [-0.3, -0.25) is 4.79 Å². The second kappa shape index (κ2) is 7.99. The quantitative estimate of drug-likeness (QED) is 0.398. The predicted molar refractivity (Wildman–Crippen MR) is 112 cm³/mol. The van der Waals surface area contributed by atoms with Crippen molar-refractivity contribution in [2.24, 2.45) is 0 Å². The molecule has 1 aliphatic rings. The number of halogens is 1. The highest BCUT2D eigenvalue weighted by molar-refractivity contribution is 14.1. The van der Waals surface area contributed by atoms with Crippen LogP contribution in [0.1, 0.15) is 19.4 Å². The first-order valence-corrected chi connectivity index (χ1v) is 9.45. The molecule has 140 valence electrons. The molecular formula is C20H19IN2O4. The normalized spacial score (nSPS) is 15.4. The molecule has 1 aliphatic heterocycles. The molecule has 2 aromatic rings. The van der Waals surface area contributed by atoms with E-state index in [0.29, 0.717) is 17.2 Å². The minimum Gasteiger partial charge on any atom is -0.493 e. The standard InChI is InChI=1S/C20H19IN2O4/c1-12(2)27-18-15(21)9-13(11-17(18)26-3)10-16-19(24)23(20(25)22-16)14-7-5-4-6-8-14/h4-12H,1-3H3,(H,22,25)/b16-10+. The van der Waals surface area contributed by atoms with Gasteiger partial charge in [-0.15, -0.1) is 0 Å². The molecule has 0 aliphatic carbocycles. The van der Waals surface area contributed by atoms with E-state index in [4.69, 9.17) is 9.47 Å². The molecule has 0 atom stereocenters. The summed E-state index contributed by atoms with van der Waals surface area (Å²) < 4.78 is 12.1.